The van der Waals surface area contributed by atoms with E-state index in [4.69, 9.17) is 0 Å². The van der Waals surface area contributed by atoms with Crippen molar-refractivity contribution in [1.82, 2.24) is 10.2 Å². The second-order valence-electron chi connectivity index (χ2n) is 3.71. The molecule has 0 radical (unpaired) electrons. The third-order valence-electron chi connectivity index (χ3n) is 2.52. The van der Waals surface area contributed by atoms with Crippen molar-refractivity contribution >= 4 is 56.4 Å². The van der Waals surface area contributed by atoms with Gasteiger partial charge in [-0.2, -0.15) is 5.10 Å². The van der Waals surface area contributed by atoms with E-state index in [1.165, 1.54) is 11.3 Å². The molecule has 0 unspecified atom stereocenters. The van der Waals surface area contributed by atoms with Gasteiger partial charge in [-0.05, 0) is 52.2 Å². The molecule has 0 bridgehead atoms. The predicted octanol–water partition coefficient (Wildman–Crippen LogP) is 3.48. The number of hydrogen-bond donors (Lipinski definition) is 2. The van der Waals surface area contributed by atoms with Crippen LogP contribution in [-0.4, -0.2) is 16.1 Å². The van der Waals surface area contributed by atoms with Gasteiger partial charge in [-0.25, -0.2) is 0 Å². The van der Waals surface area contributed by atoms with E-state index in [1.54, 1.807) is 6.07 Å². The van der Waals surface area contributed by atoms with E-state index in [-0.39, 0.29) is 5.91 Å². The summed E-state index contributed by atoms with van der Waals surface area (Å²) in [5.41, 5.74) is 1.74. The van der Waals surface area contributed by atoms with Crippen molar-refractivity contribution in [3.05, 3.63) is 44.3 Å². The Balaban J connectivity index is 1.91. The highest BCUT2D eigenvalue weighted by molar-refractivity contribution is 14.1. The summed E-state index contributed by atoms with van der Waals surface area (Å²) in [5.74, 6) is -0.0807. The molecule has 18 heavy (non-hydrogen) atoms. The number of anilines is 1. The summed E-state index contributed by atoms with van der Waals surface area (Å²) in [6.07, 6.45) is 0. The van der Waals surface area contributed by atoms with Gasteiger partial charge >= 0.3 is 0 Å². The van der Waals surface area contributed by atoms with Crippen LogP contribution in [0.1, 0.15) is 9.67 Å². The van der Waals surface area contributed by atoms with Crippen molar-refractivity contribution in [2.75, 3.05) is 5.32 Å². The highest BCUT2D eigenvalue weighted by Gasteiger charge is 2.08. The number of nitrogens with one attached hydrogen (secondary N) is 2. The first kappa shape index (κ1) is 11.7. The summed E-state index contributed by atoms with van der Waals surface area (Å²) in [6.45, 7) is 0. The number of carbonyl (C=O) groups is 1. The lowest BCUT2D eigenvalue weighted by atomic mass is 10.2. The summed E-state index contributed by atoms with van der Waals surface area (Å²) in [4.78, 5) is 12.6. The van der Waals surface area contributed by atoms with Gasteiger partial charge in [0.2, 0.25) is 0 Å². The lowest BCUT2D eigenvalue weighted by Gasteiger charge is -2.03. The fourth-order valence-electron chi connectivity index (χ4n) is 1.66. The summed E-state index contributed by atoms with van der Waals surface area (Å²) in [7, 11) is 0. The molecule has 2 N–H and O–H groups in total. The van der Waals surface area contributed by atoms with E-state index in [0.29, 0.717) is 4.88 Å². The Morgan fingerprint density at radius 2 is 2.28 bits per heavy atom. The fourth-order valence-corrected chi connectivity index (χ4v) is 2.85. The first-order valence-electron chi connectivity index (χ1n) is 5.22. The molecule has 1 aromatic carbocycles. The lowest BCUT2D eigenvalue weighted by Crippen LogP contribution is -2.09. The highest BCUT2D eigenvalue weighted by Crippen LogP contribution is 2.22. The van der Waals surface area contributed by atoms with Gasteiger partial charge in [-0.3, -0.25) is 9.89 Å². The number of thiophene rings is 1. The van der Waals surface area contributed by atoms with Crippen molar-refractivity contribution in [3.8, 4) is 0 Å². The molecule has 0 saturated heterocycles. The minimum atomic E-state index is -0.0807. The maximum atomic E-state index is 11.9. The molecule has 4 nitrogen and oxygen atoms in total. The monoisotopic (exact) mass is 369 g/mol. The lowest BCUT2D eigenvalue weighted by molar-refractivity contribution is 0.103. The van der Waals surface area contributed by atoms with Crippen LogP contribution in [0.15, 0.2) is 35.7 Å². The van der Waals surface area contributed by atoms with Crippen molar-refractivity contribution < 1.29 is 4.79 Å². The number of aromatic amines is 1. The van der Waals surface area contributed by atoms with Gasteiger partial charge in [0.15, 0.2) is 0 Å². The zero-order valence-corrected chi connectivity index (χ0v) is 12.1. The topological polar surface area (TPSA) is 57.8 Å². The number of fused-ring (bicyclic) bond motifs is 1. The van der Waals surface area contributed by atoms with Crippen LogP contribution >= 0.6 is 33.9 Å². The number of H-pyrrole nitrogens is 1. The van der Waals surface area contributed by atoms with Crippen LogP contribution in [0, 0.1) is 3.70 Å². The van der Waals surface area contributed by atoms with Crippen LogP contribution in [0.3, 0.4) is 0 Å². The summed E-state index contributed by atoms with van der Waals surface area (Å²) >= 11 is 3.59. The smallest absolute Gasteiger partial charge is 0.265 e. The molecule has 0 aliphatic rings. The average molecular weight is 369 g/mol. The zero-order valence-electron chi connectivity index (χ0n) is 9.11. The SMILES string of the molecule is O=C(Nc1ccc2[nH]nc(I)c2c1)c1cccs1. The van der Waals surface area contributed by atoms with Crippen molar-refractivity contribution in [2.24, 2.45) is 0 Å². The van der Waals surface area contributed by atoms with Crippen LogP contribution in [0.4, 0.5) is 5.69 Å². The van der Waals surface area contributed by atoms with E-state index < -0.39 is 0 Å². The molecule has 0 aliphatic carbocycles. The van der Waals surface area contributed by atoms with Crippen LogP contribution in [0.25, 0.3) is 10.9 Å². The Hall–Kier alpha value is -1.41. The minimum Gasteiger partial charge on any atom is -0.321 e. The quantitative estimate of drug-likeness (QED) is 0.680. The van der Waals surface area contributed by atoms with Gasteiger partial charge in [-0.15, -0.1) is 11.3 Å². The number of nitrogens with zero attached hydrogens (tertiary/aromatic N) is 1. The van der Waals surface area contributed by atoms with Gasteiger partial charge in [0.05, 0.1) is 10.4 Å². The first-order chi connectivity index (χ1) is 8.74. The Morgan fingerprint density at radius 1 is 1.39 bits per heavy atom. The molecule has 1 amide bonds. The molecule has 3 aromatic rings. The summed E-state index contributed by atoms with van der Waals surface area (Å²) < 4.78 is 0.898. The van der Waals surface area contributed by atoms with Crippen molar-refractivity contribution in [1.29, 1.82) is 0 Å². The first-order valence-corrected chi connectivity index (χ1v) is 7.18. The number of halogens is 1. The van der Waals surface area contributed by atoms with Gasteiger partial charge in [-0.1, -0.05) is 6.07 Å². The summed E-state index contributed by atoms with van der Waals surface area (Å²) in [6, 6.07) is 9.37. The molecule has 2 aromatic heterocycles. The van der Waals surface area contributed by atoms with Gasteiger partial charge in [0, 0.05) is 11.1 Å². The molecule has 3 rings (SSSR count). The molecule has 0 spiro atoms. The number of benzene rings is 1. The molecule has 0 aliphatic heterocycles. The number of hydrogen-bond acceptors (Lipinski definition) is 3. The molecule has 0 fully saturated rings. The van der Waals surface area contributed by atoms with Gasteiger partial charge in [0.1, 0.15) is 3.70 Å². The van der Waals surface area contributed by atoms with Crippen LogP contribution < -0.4 is 5.32 Å². The third kappa shape index (κ3) is 2.13. The number of rotatable bonds is 2. The van der Waals surface area contributed by atoms with E-state index in [1.807, 2.05) is 29.6 Å². The second kappa shape index (κ2) is 4.69. The van der Waals surface area contributed by atoms with Crippen molar-refractivity contribution in [2.45, 2.75) is 0 Å². The van der Waals surface area contributed by atoms with E-state index in [0.717, 1.165) is 20.3 Å². The number of amides is 1. The normalized spacial score (nSPS) is 10.7. The van der Waals surface area contributed by atoms with E-state index in [2.05, 4.69) is 38.1 Å². The largest absolute Gasteiger partial charge is 0.321 e. The molecule has 90 valence electrons. The average Bonchev–Trinajstić information content (AvgIpc) is 3.00. The maximum absolute atomic E-state index is 11.9. The second-order valence-corrected chi connectivity index (χ2v) is 5.68. The van der Waals surface area contributed by atoms with Crippen LogP contribution in [0.5, 0.6) is 0 Å². The molecule has 2 heterocycles. The van der Waals surface area contributed by atoms with E-state index in [9.17, 15) is 4.79 Å². The Labute approximate surface area is 121 Å². The van der Waals surface area contributed by atoms with Crippen molar-refractivity contribution in [3.63, 3.8) is 0 Å². The van der Waals surface area contributed by atoms with Crippen LogP contribution in [-0.2, 0) is 0 Å². The third-order valence-corrected chi connectivity index (χ3v) is 4.21. The Morgan fingerprint density at radius 3 is 3.06 bits per heavy atom. The zero-order chi connectivity index (χ0) is 12.5. The van der Waals surface area contributed by atoms with Gasteiger partial charge in [0.25, 0.3) is 5.91 Å². The number of aromatic nitrogens is 2. The van der Waals surface area contributed by atoms with E-state index >= 15 is 0 Å². The molecule has 0 saturated carbocycles. The molecule has 6 heteroatoms. The predicted molar refractivity (Wildman–Crippen MR) is 81.1 cm³/mol. The fraction of sp³-hybridized carbons (Fsp3) is 0. The highest BCUT2D eigenvalue weighted by atomic mass is 127. The maximum Gasteiger partial charge on any atom is 0.265 e. The molecule has 0 atom stereocenters. The Bertz CT molecular complexity index is 705. The Kier molecular flexibility index (Phi) is 3.04. The minimum absolute atomic E-state index is 0.0807. The standard InChI is InChI=1S/C12H8IN3OS/c13-11-8-6-7(3-4-9(8)15-16-11)14-12(17)10-2-1-5-18-10/h1-6H,(H,14,17)(H,15,16). The summed E-state index contributed by atoms with van der Waals surface area (Å²) in [5, 5.41) is 12.8. The molecular formula is C12H8IN3OS. The van der Waals surface area contributed by atoms with Crippen LogP contribution in [0.2, 0.25) is 0 Å². The number of carbonyl (C=O) groups excluding carboxylic acids is 1. The van der Waals surface area contributed by atoms with Gasteiger partial charge < -0.3 is 5.32 Å². The molecular weight excluding hydrogens is 361 g/mol.